The number of hydrogen-bond donors (Lipinski definition) is 2. The molecule has 0 saturated heterocycles. The molecule has 1 aromatic carbocycles. The minimum Gasteiger partial charge on any atom is -0.358 e. The van der Waals surface area contributed by atoms with E-state index < -0.39 is 0 Å². The molecule has 0 radical (unpaired) electrons. The van der Waals surface area contributed by atoms with E-state index in [1.807, 2.05) is 0 Å². The SMILES string of the molecule is CCCN(CC(=O)NC)C(c1cccc(C)c1)C(N)CC. The van der Waals surface area contributed by atoms with Gasteiger partial charge in [-0.15, -0.1) is 0 Å². The van der Waals surface area contributed by atoms with Gasteiger partial charge < -0.3 is 11.1 Å². The number of benzene rings is 1. The predicted molar refractivity (Wildman–Crippen MR) is 88.1 cm³/mol. The van der Waals surface area contributed by atoms with E-state index >= 15 is 0 Å². The maximum Gasteiger partial charge on any atom is 0.233 e. The molecule has 21 heavy (non-hydrogen) atoms. The molecule has 1 rings (SSSR count). The van der Waals surface area contributed by atoms with Crippen LogP contribution in [-0.2, 0) is 4.79 Å². The Morgan fingerprint density at radius 2 is 2.10 bits per heavy atom. The normalized spacial score (nSPS) is 14.0. The standard InChI is InChI=1S/C17H29N3O/c1-5-10-20(12-16(21)19-4)17(15(18)6-2)14-9-7-8-13(3)11-14/h7-9,11,15,17H,5-6,10,12,18H2,1-4H3,(H,19,21). The van der Waals surface area contributed by atoms with Crippen molar-refractivity contribution in [2.24, 2.45) is 5.73 Å². The molecule has 0 heterocycles. The highest BCUT2D eigenvalue weighted by Gasteiger charge is 2.26. The summed E-state index contributed by atoms with van der Waals surface area (Å²) in [5, 5.41) is 2.71. The maximum atomic E-state index is 11.8. The molecule has 2 unspecified atom stereocenters. The first-order valence-corrected chi connectivity index (χ1v) is 7.80. The maximum absolute atomic E-state index is 11.8. The van der Waals surface area contributed by atoms with E-state index in [1.54, 1.807) is 7.05 Å². The van der Waals surface area contributed by atoms with Gasteiger partial charge in [-0.25, -0.2) is 0 Å². The molecule has 0 aliphatic heterocycles. The highest BCUT2D eigenvalue weighted by molar-refractivity contribution is 5.77. The summed E-state index contributed by atoms with van der Waals surface area (Å²) in [4.78, 5) is 14.0. The molecule has 4 nitrogen and oxygen atoms in total. The highest BCUT2D eigenvalue weighted by Crippen LogP contribution is 2.26. The van der Waals surface area contributed by atoms with Crippen LogP contribution in [0.4, 0.5) is 0 Å². The molecule has 118 valence electrons. The van der Waals surface area contributed by atoms with Gasteiger partial charge in [-0.2, -0.15) is 0 Å². The molecule has 1 amide bonds. The third-order valence-corrected chi connectivity index (χ3v) is 3.79. The molecule has 0 fully saturated rings. The Bertz CT molecular complexity index is 447. The van der Waals surface area contributed by atoms with E-state index in [4.69, 9.17) is 5.73 Å². The molecule has 1 aromatic rings. The molecular weight excluding hydrogens is 262 g/mol. The van der Waals surface area contributed by atoms with E-state index in [-0.39, 0.29) is 18.0 Å². The summed E-state index contributed by atoms with van der Waals surface area (Å²) in [6.07, 6.45) is 1.88. The van der Waals surface area contributed by atoms with Gasteiger partial charge in [0.05, 0.1) is 12.6 Å². The van der Waals surface area contributed by atoms with Crippen molar-refractivity contribution in [3.05, 3.63) is 35.4 Å². The van der Waals surface area contributed by atoms with Gasteiger partial charge in [-0.3, -0.25) is 9.69 Å². The number of aryl methyl sites for hydroxylation is 1. The molecule has 2 atom stereocenters. The molecular formula is C17H29N3O. The summed E-state index contributed by atoms with van der Waals surface area (Å²) in [5.74, 6) is 0.0319. The third kappa shape index (κ3) is 5.14. The van der Waals surface area contributed by atoms with Crippen molar-refractivity contribution < 1.29 is 4.79 Å². The average molecular weight is 291 g/mol. The van der Waals surface area contributed by atoms with Gasteiger partial charge in [-0.1, -0.05) is 43.7 Å². The number of nitrogens with two attached hydrogens (primary N) is 1. The van der Waals surface area contributed by atoms with Gasteiger partial charge in [0, 0.05) is 13.1 Å². The van der Waals surface area contributed by atoms with Crippen LogP contribution >= 0.6 is 0 Å². The first-order chi connectivity index (χ1) is 10.0. The number of nitrogens with one attached hydrogen (secondary N) is 1. The molecule has 0 bridgehead atoms. The molecule has 0 saturated carbocycles. The van der Waals surface area contributed by atoms with E-state index in [0.717, 1.165) is 19.4 Å². The van der Waals surface area contributed by atoms with Crippen LogP contribution < -0.4 is 11.1 Å². The van der Waals surface area contributed by atoms with Crippen LogP contribution in [0, 0.1) is 6.92 Å². The fourth-order valence-electron chi connectivity index (χ4n) is 2.67. The van der Waals surface area contributed by atoms with Crippen molar-refractivity contribution >= 4 is 5.91 Å². The molecule has 0 aliphatic rings. The monoisotopic (exact) mass is 291 g/mol. The lowest BCUT2D eigenvalue weighted by molar-refractivity contribution is -0.122. The minimum absolute atomic E-state index is 0.0167. The molecule has 0 aromatic heterocycles. The van der Waals surface area contributed by atoms with Crippen LogP contribution in [0.3, 0.4) is 0 Å². The van der Waals surface area contributed by atoms with Gasteiger partial charge in [0.25, 0.3) is 0 Å². The second-order valence-electron chi connectivity index (χ2n) is 5.57. The fraction of sp³-hybridized carbons (Fsp3) is 0.588. The lowest BCUT2D eigenvalue weighted by Crippen LogP contribution is -2.45. The van der Waals surface area contributed by atoms with Crippen LogP contribution in [0.2, 0.25) is 0 Å². The molecule has 4 heteroatoms. The van der Waals surface area contributed by atoms with E-state index in [2.05, 4.69) is 55.3 Å². The minimum atomic E-state index is 0.0167. The summed E-state index contributed by atoms with van der Waals surface area (Å²) in [6.45, 7) is 7.55. The molecule has 0 aliphatic carbocycles. The van der Waals surface area contributed by atoms with Crippen LogP contribution in [0.1, 0.15) is 43.9 Å². The van der Waals surface area contributed by atoms with Crippen molar-refractivity contribution in [2.75, 3.05) is 20.1 Å². The van der Waals surface area contributed by atoms with Crippen molar-refractivity contribution in [1.29, 1.82) is 0 Å². The largest absolute Gasteiger partial charge is 0.358 e. The number of carbonyl (C=O) groups is 1. The Morgan fingerprint density at radius 1 is 1.38 bits per heavy atom. The van der Waals surface area contributed by atoms with Crippen molar-refractivity contribution in [3.63, 3.8) is 0 Å². The number of rotatable bonds is 8. The average Bonchev–Trinajstić information content (AvgIpc) is 2.47. The van der Waals surface area contributed by atoms with Gasteiger partial charge >= 0.3 is 0 Å². The lowest BCUT2D eigenvalue weighted by atomic mass is 9.94. The first kappa shape index (κ1) is 17.7. The number of nitrogens with zero attached hydrogens (tertiary/aromatic N) is 1. The van der Waals surface area contributed by atoms with Crippen molar-refractivity contribution in [3.8, 4) is 0 Å². The second kappa shape index (κ2) is 8.80. The first-order valence-electron chi connectivity index (χ1n) is 7.80. The topological polar surface area (TPSA) is 58.4 Å². The van der Waals surface area contributed by atoms with E-state index in [9.17, 15) is 4.79 Å². The summed E-state index contributed by atoms with van der Waals surface area (Å²) in [7, 11) is 1.67. The van der Waals surface area contributed by atoms with Crippen LogP contribution in [0.15, 0.2) is 24.3 Å². The Kier molecular flexibility index (Phi) is 7.40. The number of carbonyl (C=O) groups excluding carboxylic acids is 1. The summed E-state index contributed by atoms with van der Waals surface area (Å²) in [6, 6.07) is 8.52. The van der Waals surface area contributed by atoms with E-state index in [0.29, 0.717) is 6.54 Å². The smallest absolute Gasteiger partial charge is 0.233 e. The zero-order chi connectivity index (χ0) is 15.8. The Balaban J connectivity index is 3.10. The number of amides is 1. The zero-order valence-electron chi connectivity index (χ0n) is 13.7. The number of likely N-dealkylation sites (N-methyl/N-ethyl adjacent to an activating group) is 1. The van der Waals surface area contributed by atoms with Crippen LogP contribution in [-0.4, -0.2) is 37.0 Å². The van der Waals surface area contributed by atoms with Crippen molar-refractivity contribution in [1.82, 2.24) is 10.2 Å². The summed E-state index contributed by atoms with van der Waals surface area (Å²) in [5.41, 5.74) is 8.79. The van der Waals surface area contributed by atoms with Gasteiger partial charge in [-0.05, 0) is 31.9 Å². The Labute approximate surface area is 128 Å². The van der Waals surface area contributed by atoms with Gasteiger partial charge in [0.2, 0.25) is 5.91 Å². The quantitative estimate of drug-likeness (QED) is 0.772. The third-order valence-electron chi connectivity index (χ3n) is 3.79. The Morgan fingerprint density at radius 3 is 2.62 bits per heavy atom. The van der Waals surface area contributed by atoms with Crippen LogP contribution in [0.5, 0.6) is 0 Å². The fourth-order valence-corrected chi connectivity index (χ4v) is 2.67. The lowest BCUT2D eigenvalue weighted by Gasteiger charge is -2.35. The second-order valence-corrected chi connectivity index (χ2v) is 5.57. The molecule has 0 spiro atoms. The molecule has 3 N–H and O–H groups in total. The Hall–Kier alpha value is -1.39. The highest BCUT2D eigenvalue weighted by atomic mass is 16.1. The zero-order valence-corrected chi connectivity index (χ0v) is 13.7. The van der Waals surface area contributed by atoms with Gasteiger partial charge in [0.15, 0.2) is 0 Å². The summed E-state index contributed by atoms with van der Waals surface area (Å²) >= 11 is 0. The predicted octanol–water partition coefficient (Wildman–Crippen LogP) is 2.23. The number of hydrogen-bond acceptors (Lipinski definition) is 3. The van der Waals surface area contributed by atoms with Gasteiger partial charge in [0.1, 0.15) is 0 Å². The van der Waals surface area contributed by atoms with E-state index in [1.165, 1.54) is 11.1 Å². The van der Waals surface area contributed by atoms with Crippen molar-refractivity contribution in [2.45, 2.75) is 45.7 Å². The summed E-state index contributed by atoms with van der Waals surface area (Å²) < 4.78 is 0. The van der Waals surface area contributed by atoms with Crippen LogP contribution in [0.25, 0.3) is 0 Å².